The Morgan fingerprint density at radius 1 is 1.50 bits per heavy atom. The van der Waals surface area contributed by atoms with Crippen LogP contribution in [0.15, 0.2) is 0 Å². The third kappa shape index (κ3) is 5.58. The Hall–Kier alpha value is -0.120. The average Bonchev–Trinajstić information content (AvgIpc) is 2.02. The summed E-state index contributed by atoms with van der Waals surface area (Å²) in [6, 6.07) is 0. The van der Waals surface area contributed by atoms with Crippen LogP contribution in [-0.4, -0.2) is 49.8 Å². The molecule has 0 spiro atoms. The molecule has 0 bridgehead atoms. The van der Waals surface area contributed by atoms with Gasteiger partial charge < -0.3 is 15.3 Å². The summed E-state index contributed by atoms with van der Waals surface area (Å²) >= 11 is 0. The van der Waals surface area contributed by atoms with Crippen molar-refractivity contribution in [3.63, 3.8) is 0 Å². The van der Waals surface area contributed by atoms with Crippen LogP contribution < -0.4 is 5.32 Å². The maximum absolute atomic E-state index is 9.26. The molecule has 0 radical (unpaired) electrons. The minimum atomic E-state index is -0.240. The summed E-state index contributed by atoms with van der Waals surface area (Å²) in [4.78, 5) is 2.20. The van der Waals surface area contributed by atoms with E-state index in [1.54, 1.807) is 0 Å². The van der Waals surface area contributed by atoms with E-state index < -0.39 is 0 Å². The van der Waals surface area contributed by atoms with Crippen molar-refractivity contribution in [1.29, 1.82) is 0 Å². The minimum absolute atomic E-state index is 0.240. The predicted molar refractivity (Wildman–Crippen MR) is 61.5 cm³/mol. The summed E-state index contributed by atoms with van der Waals surface area (Å²) in [5.41, 5.74) is 0.304. The highest BCUT2D eigenvalue weighted by Gasteiger charge is 2.23. The molecule has 0 aliphatic rings. The SMILES string of the molecule is CCC(C)(CNC)CN(C)CC(C)O. The fraction of sp³-hybridized carbons (Fsp3) is 1.00. The number of rotatable bonds is 7. The first-order valence-corrected chi connectivity index (χ1v) is 5.44. The van der Waals surface area contributed by atoms with E-state index in [4.69, 9.17) is 0 Å². The van der Waals surface area contributed by atoms with Gasteiger partial charge in [0, 0.05) is 19.6 Å². The van der Waals surface area contributed by atoms with Gasteiger partial charge in [-0.25, -0.2) is 0 Å². The molecule has 0 saturated carbocycles. The van der Waals surface area contributed by atoms with E-state index in [2.05, 4.69) is 31.1 Å². The lowest BCUT2D eigenvalue weighted by Crippen LogP contribution is -2.41. The van der Waals surface area contributed by atoms with E-state index in [9.17, 15) is 5.11 Å². The molecule has 0 amide bonds. The first kappa shape index (κ1) is 13.9. The van der Waals surface area contributed by atoms with E-state index in [-0.39, 0.29) is 6.10 Å². The van der Waals surface area contributed by atoms with Gasteiger partial charge in [0.25, 0.3) is 0 Å². The molecule has 0 fully saturated rings. The average molecular weight is 202 g/mol. The van der Waals surface area contributed by atoms with Gasteiger partial charge in [-0.05, 0) is 32.9 Å². The number of aliphatic hydroxyl groups is 1. The van der Waals surface area contributed by atoms with E-state index in [0.717, 1.165) is 26.1 Å². The molecule has 0 aromatic heterocycles. The van der Waals surface area contributed by atoms with E-state index in [0.29, 0.717) is 5.41 Å². The van der Waals surface area contributed by atoms with E-state index >= 15 is 0 Å². The van der Waals surface area contributed by atoms with Crippen molar-refractivity contribution < 1.29 is 5.11 Å². The van der Waals surface area contributed by atoms with E-state index in [1.165, 1.54) is 0 Å². The van der Waals surface area contributed by atoms with Crippen LogP contribution in [0.4, 0.5) is 0 Å². The predicted octanol–water partition coefficient (Wildman–Crippen LogP) is 0.935. The molecule has 0 aromatic rings. The molecule has 0 aliphatic heterocycles. The number of hydrogen-bond acceptors (Lipinski definition) is 3. The second-order valence-corrected chi connectivity index (χ2v) is 4.74. The summed E-state index contributed by atoms with van der Waals surface area (Å²) in [6.45, 7) is 9.12. The lowest BCUT2D eigenvalue weighted by atomic mass is 9.87. The Kier molecular flexibility index (Phi) is 6.33. The Bertz CT molecular complexity index is 150. The Morgan fingerprint density at radius 2 is 2.07 bits per heavy atom. The summed E-state index contributed by atoms with van der Waals surface area (Å²) in [6.07, 6.45) is 0.911. The van der Waals surface area contributed by atoms with Gasteiger partial charge in [-0.1, -0.05) is 13.8 Å². The number of nitrogens with one attached hydrogen (secondary N) is 1. The van der Waals surface area contributed by atoms with Gasteiger partial charge in [-0.2, -0.15) is 0 Å². The third-order valence-corrected chi connectivity index (χ3v) is 2.68. The molecule has 0 saturated heterocycles. The normalized spacial score (nSPS) is 18.2. The van der Waals surface area contributed by atoms with Crippen molar-refractivity contribution in [2.24, 2.45) is 5.41 Å². The number of likely N-dealkylation sites (N-methyl/N-ethyl adjacent to an activating group) is 1. The molecule has 0 aromatic carbocycles. The number of hydrogen-bond donors (Lipinski definition) is 2. The van der Waals surface area contributed by atoms with Gasteiger partial charge in [0.1, 0.15) is 0 Å². The van der Waals surface area contributed by atoms with Crippen LogP contribution in [0.3, 0.4) is 0 Å². The Balaban J connectivity index is 4.02. The van der Waals surface area contributed by atoms with E-state index in [1.807, 2.05) is 14.0 Å². The van der Waals surface area contributed by atoms with Crippen molar-refractivity contribution in [2.75, 3.05) is 33.7 Å². The van der Waals surface area contributed by atoms with Crippen molar-refractivity contribution in [2.45, 2.75) is 33.3 Å². The van der Waals surface area contributed by atoms with Crippen LogP contribution in [-0.2, 0) is 0 Å². The number of nitrogens with zero attached hydrogens (tertiary/aromatic N) is 1. The highest BCUT2D eigenvalue weighted by atomic mass is 16.3. The van der Waals surface area contributed by atoms with Crippen molar-refractivity contribution in [1.82, 2.24) is 10.2 Å². The topological polar surface area (TPSA) is 35.5 Å². The van der Waals surface area contributed by atoms with Crippen LogP contribution in [0, 0.1) is 5.41 Å². The van der Waals surface area contributed by atoms with Crippen LogP contribution in [0.2, 0.25) is 0 Å². The minimum Gasteiger partial charge on any atom is -0.392 e. The highest BCUT2D eigenvalue weighted by Crippen LogP contribution is 2.20. The molecule has 3 heteroatoms. The lowest BCUT2D eigenvalue weighted by Gasteiger charge is -2.33. The molecule has 0 rings (SSSR count). The second kappa shape index (κ2) is 6.38. The van der Waals surface area contributed by atoms with Crippen molar-refractivity contribution >= 4 is 0 Å². The van der Waals surface area contributed by atoms with Gasteiger partial charge in [0.2, 0.25) is 0 Å². The Labute approximate surface area is 88.5 Å². The monoisotopic (exact) mass is 202 g/mol. The molecule has 86 valence electrons. The largest absolute Gasteiger partial charge is 0.392 e. The molecule has 0 heterocycles. The second-order valence-electron chi connectivity index (χ2n) is 4.74. The number of aliphatic hydroxyl groups excluding tert-OH is 1. The molecule has 2 unspecified atom stereocenters. The highest BCUT2D eigenvalue weighted by molar-refractivity contribution is 4.78. The van der Waals surface area contributed by atoms with Gasteiger partial charge in [0.15, 0.2) is 0 Å². The zero-order valence-electron chi connectivity index (χ0n) is 10.3. The van der Waals surface area contributed by atoms with Gasteiger partial charge in [-0.3, -0.25) is 0 Å². The lowest BCUT2D eigenvalue weighted by molar-refractivity contribution is 0.109. The standard InChI is InChI=1S/C11H26N2O/c1-6-11(3,8-12-4)9-13(5)7-10(2)14/h10,12,14H,6-9H2,1-5H3. The maximum atomic E-state index is 9.26. The van der Waals surface area contributed by atoms with Crippen LogP contribution in [0.1, 0.15) is 27.2 Å². The smallest absolute Gasteiger partial charge is 0.0638 e. The zero-order valence-corrected chi connectivity index (χ0v) is 10.3. The summed E-state index contributed by atoms with van der Waals surface area (Å²) < 4.78 is 0. The summed E-state index contributed by atoms with van der Waals surface area (Å²) in [5.74, 6) is 0. The molecule has 2 atom stereocenters. The van der Waals surface area contributed by atoms with Gasteiger partial charge in [0.05, 0.1) is 6.10 Å². The van der Waals surface area contributed by atoms with Crippen molar-refractivity contribution in [3.8, 4) is 0 Å². The molecule has 3 nitrogen and oxygen atoms in total. The maximum Gasteiger partial charge on any atom is 0.0638 e. The molecular weight excluding hydrogens is 176 g/mol. The van der Waals surface area contributed by atoms with Gasteiger partial charge >= 0.3 is 0 Å². The van der Waals surface area contributed by atoms with Crippen LogP contribution in [0.5, 0.6) is 0 Å². The fourth-order valence-corrected chi connectivity index (χ4v) is 1.89. The van der Waals surface area contributed by atoms with Gasteiger partial charge in [-0.15, -0.1) is 0 Å². The molecule has 2 N–H and O–H groups in total. The first-order chi connectivity index (χ1) is 6.43. The third-order valence-electron chi connectivity index (χ3n) is 2.68. The Morgan fingerprint density at radius 3 is 2.43 bits per heavy atom. The summed E-state index contributed by atoms with van der Waals surface area (Å²) in [5, 5.41) is 12.5. The summed E-state index contributed by atoms with van der Waals surface area (Å²) in [7, 11) is 4.05. The van der Waals surface area contributed by atoms with Crippen molar-refractivity contribution in [3.05, 3.63) is 0 Å². The quantitative estimate of drug-likeness (QED) is 0.645. The fourth-order valence-electron chi connectivity index (χ4n) is 1.89. The van der Waals surface area contributed by atoms with Crippen LogP contribution in [0.25, 0.3) is 0 Å². The molecule has 14 heavy (non-hydrogen) atoms. The molecular formula is C11H26N2O. The first-order valence-electron chi connectivity index (χ1n) is 5.44. The molecule has 0 aliphatic carbocycles. The zero-order chi connectivity index (χ0) is 11.2. The van der Waals surface area contributed by atoms with Crippen LogP contribution >= 0.6 is 0 Å².